The minimum atomic E-state index is -0.375. The molecule has 0 saturated heterocycles. The maximum Gasteiger partial charge on any atom is 0.214 e. The molecule has 3 rings (SSSR count). The maximum absolute atomic E-state index is 13.4. The third-order valence-corrected chi connectivity index (χ3v) is 4.97. The van der Waals surface area contributed by atoms with Crippen molar-refractivity contribution in [3.63, 3.8) is 0 Å². The quantitative estimate of drug-likeness (QED) is 0.514. The molecule has 0 aliphatic heterocycles. The fraction of sp³-hybridized carbons (Fsp3) is 0.222. The largest absolute Gasteiger partial charge is 0.293 e. The van der Waals surface area contributed by atoms with Crippen LogP contribution >= 0.6 is 11.8 Å². The second kappa shape index (κ2) is 7.14. The number of hydrogen-bond acceptors (Lipinski definition) is 5. The Morgan fingerprint density at radius 3 is 2.68 bits per heavy atom. The summed E-state index contributed by atoms with van der Waals surface area (Å²) in [5, 5.41) is 11.6. The molecule has 0 unspecified atom stereocenters. The zero-order valence-corrected chi connectivity index (χ0v) is 14.9. The first-order chi connectivity index (χ1) is 12.0. The Morgan fingerprint density at radius 2 is 1.96 bits per heavy atom. The third kappa shape index (κ3) is 3.76. The molecule has 0 spiro atoms. The highest BCUT2D eigenvalue weighted by atomic mass is 32.2. The molecular formula is C18H17FN4OS. The molecular weight excluding hydrogens is 339 g/mol. The lowest BCUT2D eigenvalue weighted by molar-refractivity contribution is 0.0993. The van der Waals surface area contributed by atoms with Crippen LogP contribution in [-0.2, 0) is 0 Å². The van der Waals surface area contributed by atoms with Crippen molar-refractivity contribution in [2.24, 2.45) is 0 Å². The molecule has 0 amide bonds. The number of carbonyl (C=O) groups excluding carboxylic acids is 1. The lowest BCUT2D eigenvalue weighted by atomic mass is 10.0. The molecule has 25 heavy (non-hydrogen) atoms. The monoisotopic (exact) mass is 356 g/mol. The highest BCUT2D eigenvalue weighted by Crippen LogP contribution is 2.26. The van der Waals surface area contributed by atoms with Gasteiger partial charge in [-0.3, -0.25) is 4.79 Å². The predicted molar refractivity (Wildman–Crippen MR) is 94.7 cm³/mol. The molecule has 0 radical (unpaired) electrons. The smallest absolute Gasteiger partial charge is 0.214 e. The number of aryl methyl sites for hydroxylation is 2. The summed E-state index contributed by atoms with van der Waals surface area (Å²) in [6, 6.07) is 11.7. The Morgan fingerprint density at radius 1 is 1.16 bits per heavy atom. The zero-order chi connectivity index (χ0) is 18.0. The maximum atomic E-state index is 13.4. The minimum absolute atomic E-state index is 0.00175. The molecule has 0 fully saturated rings. The summed E-state index contributed by atoms with van der Waals surface area (Å²) >= 11 is 1.25. The number of aromatic nitrogens is 4. The van der Waals surface area contributed by atoms with E-state index in [1.807, 2.05) is 39.0 Å². The topological polar surface area (TPSA) is 60.7 Å². The summed E-state index contributed by atoms with van der Waals surface area (Å²) in [5.74, 6) is -0.370. The van der Waals surface area contributed by atoms with Gasteiger partial charge in [0.2, 0.25) is 5.16 Å². The zero-order valence-electron chi connectivity index (χ0n) is 14.1. The molecule has 0 saturated carbocycles. The number of carbonyl (C=O) groups is 1. The van der Waals surface area contributed by atoms with E-state index in [4.69, 9.17) is 0 Å². The van der Waals surface area contributed by atoms with Gasteiger partial charge >= 0.3 is 0 Å². The number of ketones is 1. The van der Waals surface area contributed by atoms with Gasteiger partial charge in [0.25, 0.3) is 0 Å². The highest BCUT2D eigenvalue weighted by molar-refractivity contribution is 8.00. The summed E-state index contributed by atoms with van der Waals surface area (Å²) in [6.45, 7) is 5.80. The number of hydrogen-bond donors (Lipinski definition) is 0. The van der Waals surface area contributed by atoms with Gasteiger partial charge < -0.3 is 0 Å². The normalized spacial score (nSPS) is 12.2. The van der Waals surface area contributed by atoms with Crippen LogP contribution in [0.5, 0.6) is 0 Å². The molecule has 5 nitrogen and oxygen atoms in total. The van der Waals surface area contributed by atoms with E-state index in [-0.39, 0.29) is 16.9 Å². The minimum Gasteiger partial charge on any atom is -0.293 e. The van der Waals surface area contributed by atoms with E-state index in [2.05, 4.69) is 15.5 Å². The Hall–Kier alpha value is -2.54. The molecule has 0 N–H and O–H groups in total. The van der Waals surface area contributed by atoms with Crippen LogP contribution in [0.15, 0.2) is 47.6 Å². The van der Waals surface area contributed by atoms with Crippen LogP contribution in [0.4, 0.5) is 4.39 Å². The summed E-state index contributed by atoms with van der Waals surface area (Å²) in [4.78, 5) is 12.7. The first-order valence-corrected chi connectivity index (χ1v) is 8.66. The Bertz CT molecular complexity index is 925. The van der Waals surface area contributed by atoms with Gasteiger partial charge in [-0.2, -0.15) is 4.68 Å². The molecule has 1 atom stereocenters. The van der Waals surface area contributed by atoms with Crippen LogP contribution in [0, 0.1) is 19.7 Å². The highest BCUT2D eigenvalue weighted by Gasteiger charge is 2.21. The number of halogens is 1. The first-order valence-electron chi connectivity index (χ1n) is 7.78. The van der Waals surface area contributed by atoms with Crippen molar-refractivity contribution in [1.82, 2.24) is 20.2 Å². The van der Waals surface area contributed by atoms with Crippen LogP contribution < -0.4 is 0 Å². The van der Waals surface area contributed by atoms with Crippen molar-refractivity contribution in [1.29, 1.82) is 0 Å². The fourth-order valence-corrected chi connectivity index (χ4v) is 3.25. The molecule has 1 aromatic heterocycles. The molecule has 0 aliphatic carbocycles. The van der Waals surface area contributed by atoms with E-state index in [0.717, 1.165) is 11.1 Å². The molecule has 1 heterocycles. The average Bonchev–Trinajstić information content (AvgIpc) is 3.04. The van der Waals surface area contributed by atoms with Crippen LogP contribution in [0.1, 0.15) is 28.4 Å². The fourth-order valence-electron chi connectivity index (χ4n) is 2.36. The van der Waals surface area contributed by atoms with Crippen molar-refractivity contribution in [2.45, 2.75) is 31.2 Å². The van der Waals surface area contributed by atoms with Gasteiger partial charge in [0.1, 0.15) is 5.82 Å². The van der Waals surface area contributed by atoms with Gasteiger partial charge in [-0.05, 0) is 66.6 Å². The van der Waals surface area contributed by atoms with Crippen LogP contribution in [-0.4, -0.2) is 31.2 Å². The van der Waals surface area contributed by atoms with Crippen molar-refractivity contribution < 1.29 is 9.18 Å². The van der Waals surface area contributed by atoms with E-state index in [9.17, 15) is 9.18 Å². The van der Waals surface area contributed by atoms with Gasteiger partial charge in [0, 0.05) is 5.56 Å². The lowest BCUT2D eigenvalue weighted by Gasteiger charge is -2.11. The number of nitrogens with zero attached hydrogens (tertiary/aromatic N) is 4. The van der Waals surface area contributed by atoms with Crippen molar-refractivity contribution in [2.75, 3.05) is 0 Å². The summed E-state index contributed by atoms with van der Waals surface area (Å²) in [5.41, 5.74) is 3.39. The van der Waals surface area contributed by atoms with Crippen molar-refractivity contribution in [3.05, 3.63) is 65.0 Å². The second-order valence-electron chi connectivity index (χ2n) is 5.78. The van der Waals surface area contributed by atoms with Gasteiger partial charge in [0.05, 0.1) is 10.9 Å². The molecule has 7 heteroatoms. The van der Waals surface area contributed by atoms with E-state index in [1.54, 1.807) is 12.1 Å². The third-order valence-electron chi connectivity index (χ3n) is 3.94. The standard InChI is InChI=1S/C18H17FN4OS/c1-11-7-8-14(9-12(11)2)17(24)13(3)25-18-20-21-22-23(18)16-6-4-5-15(19)10-16/h4-10,13H,1-3H3/t13-/m1/s1. The van der Waals surface area contributed by atoms with E-state index in [1.165, 1.54) is 28.6 Å². The van der Waals surface area contributed by atoms with E-state index < -0.39 is 0 Å². The number of tetrazole rings is 1. The number of thioether (sulfide) groups is 1. The lowest BCUT2D eigenvalue weighted by Crippen LogP contribution is -2.15. The number of benzene rings is 2. The number of rotatable bonds is 5. The average molecular weight is 356 g/mol. The molecule has 0 aliphatic rings. The first kappa shape index (κ1) is 17.3. The van der Waals surface area contributed by atoms with Crippen molar-refractivity contribution >= 4 is 17.5 Å². The van der Waals surface area contributed by atoms with Crippen LogP contribution in [0.3, 0.4) is 0 Å². The Balaban J connectivity index is 1.82. The van der Waals surface area contributed by atoms with Crippen LogP contribution in [0.25, 0.3) is 5.69 Å². The molecule has 0 bridgehead atoms. The second-order valence-corrected chi connectivity index (χ2v) is 7.08. The predicted octanol–water partition coefficient (Wildman–Crippen LogP) is 3.78. The molecule has 2 aromatic carbocycles. The van der Waals surface area contributed by atoms with Crippen molar-refractivity contribution in [3.8, 4) is 5.69 Å². The van der Waals surface area contributed by atoms with E-state index in [0.29, 0.717) is 16.4 Å². The SMILES string of the molecule is Cc1ccc(C(=O)[C@@H](C)Sc2nnnn2-c2cccc(F)c2)cc1C. The Labute approximate surface area is 149 Å². The molecule has 128 valence electrons. The summed E-state index contributed by atoms with van der Waals surface area (Å²) < 4.78 is 14.9. The van der Waals surface area contributed by atoms with E-state index >= 15 is 0 Å². The van der Waals surface area contributed by atoms with Gasteiger partial charge in [-0.1, -0.05) is 30.0 Å². The summed E-state index contributed by atoms with van der Waals surface area (Å²) in [6.07, 6.45) is 0. The molecule has 3 aromatic rings. The van der Waals surface area contributed by atoms with Gasteiger partial charge in [-0.25, -0.2) is 4.39 Å². The van der Waals surface area contributed by atoms with Crippen LogP contribution in [0.2, 0.25) is 0 Å². The van der Waals surface area contributed by atoms with Gasteiger partial charge in [-0.15, -0.1) is 5.10 Å². The Kier molecular flexibility index (Phi) is 4.94. The number of Topliss-reactive ketones (excluding diaryl/α,β-unsaturated/α-hetero) is 1. The summed E-state index contributed by atoms with van der Waals surface area (Å²) in [7, 11) is 0. The van der Waals surface area contributed by atoms with Gasteiger partial charge in [0.15, 0.2) is 5.78 Å².